The predicted octanol–water partition coefficient (Wildman–Crippen LogP) is 0.505. The summed E-state index contributed by atoms with van der Waals surface area (Å²) in [6.45, 7) is 2.16. The molecule has 0 bridgehead atoms. The van der Waals surface area contributed by atoms with Crippen molar-refractivity contribution >= 4 is 0 Å². The molecule has 0 aromatic heterocycles. The first kappa shape index (κ1) is 6.62. The van der Waals surface area contributed by atoms with Crippen LogP contribution in [-0.4, -0.2) is 25.2 Å². The zero-order chi connectivity index (χ0) is 6.81. The Labute approximate surface area is 62.4 Å². The monoisotopic (exact) mass is 139 g/mol. The molecule has 10 heavy (non-hydrogen) atoms. The van der Waals surface area contributed by atoms with Crippen molar-refractivity contribution in [3.63, 3.8) is 0 Å². The van der Waals surface area contributed by atoms with Crippen LogP contribution in [-0.2, 0) is 0 Å². The first-order valence-electron chi connectivity index (χ1n) is 4.37. The van der Waals surface area contributed by atoms with Crippen LogP contribution in [0.1, 0.15) is 25.7 Å². The van der Waals surface area contributed by atoms with E-state index >= 15 is 0 Å². The number of hydrogen-bond donors (Lipinski definition) is 1. The smallest absolute Gasteiger partial charge is 0.0400 e. The van der Waals surface area contributed by atoms with Crippen LogP contribution in [0.15, 0.2) is 0 Å². The maximum Gasteiger partial charge on any atom is 0.0400 e. The Hall–Kier alpha value is -0.0800. The van der Waals surface area contributed by atoms with Crippen molar-refractivity contribution in [1.82, 2.24) is 10.6 Å². The third-order valence-electron chi connectivity index (χ3n) is 2.61. The fraction of sp³-hybridized carbons (Fsp3) is 1.00. The summed E-state index contributed by atoms with van der Waals surface area (Å²) in [5.74, 6) is 0. The van der Waals surface area contributed by atoms with Crippen LogP contribution in [0.25, 0.3) is 0 Å². The highest BCUT2D eigenvalue weighted by Gasteiger charge is 2.27. The van der Waals surface area contributed by atoms with Crippen LogP contribution < -0.4 is 10.6 Å². The van der Waals surface area contributed by atoms with Gasteiger partial charge in [-0.15, -0.1) is 0 Å². The van der Waals surface area contributed by atoms with Crippen molar-refractivity contribution < 1.29 is 0 Å². The molecule has 0 aromatic carbocycles. The molecule has 0 spiro atoms. The van der Waals surface area contributed by atoms with E-state index in [0.29, 0.717) is 6.04 Å². The van der Waals surface area contributed by atoms with Crippen LogP contribution in [0.5, 0.6) is 0 Å². The molecule has 1 N–H and O–H groups in total. The minimum Gasteiger partial charge on any atom is -0.311 e. The SMILES string of the molecule is C1CCC2NCC[N]C2C1. The average molecular weight is 139 g/mol. The molecule has 1 aliphatic carbocycles. The maximum atomic E-state index is 4.59. The molecule has 1 saturated carbocycles. The van der Waals surface area contributed by atoms with Crippen LogP contribution in [0.3, 0.4) is 0 Å². The van der Waals surface area contributed by atoms with Gasteiger partial charge in [-0.3, -0.25) is 0 Å². The molecule has 2 unspecified atom stereocenters. The lowest BCUT2D eigenvalue weighted by Crippen LogP contribution is -2.53. The van der Waals surface area contributed by atoms with E-state index in [0.717, 1.165) is 19.1 Å². The number of rotatable bonds is 0. The summed E-state index contributed by atoms with van der Waals surface area (Å²) in [6.07, 6.45) is 5.49. The van der Waals surface area contributed by atoms with Crippen molar-refractivity contribution in [2.24, 2.45) is 0 Å². The highest BCUT2D eigenvalue weighted by atomic mass is 15.1. The largest absolute Gasteiger partial charge is 0.311 e. The number of nitrogens with one attached hydrogen (secondary N) is 1. The fourth-order valence-electron chi connectivity index (χ4n) is 2.05. The summed E-state index contributed by atoms with van der Waals surface area (Å²) in [7, 11) is 0. The van der Waals surface area contributed by atoms with Crippen molar-refractivity contribution in [3.05, 3.63) is 0 Å². The maximum absolute atomic E-state index is 4.59. The van der Waals surface area contributed by atoms with Crippen molar-refractivity contribution in [2.75, 3.05) is 13.1 Å². The van der Waals surface area contributed by atoms with E-state index in [4.69, 9.17) is 0 Å². The Morgan fingerprint density at radius 2 is 2.10 bits per heavy atom. The Bertz CT molecular complexity index is 87.8. The summed E-state index contributed by atoms with van der Waals surface area (Å²) in [5, 5.41) is 8.12. The van der Waals surface area contributed by atoms with Crippen LogP contribution in [0.2, 0.25) is 0 Å². The molecule has 0 amide bonds. The summed E-state index contributed by atoms with van der Waals surface area (Å²) in [4.78, 5) is 0. The third kappa shape index (κ3) is 1.18. The second-order valence-electron chi connectivity index (χ2n) is 3.32. The van der Waals surface area contributed by atoms with E-state index < -0.39 is 0 Å². The Balaban J connectivity index is 1.93. The highest BCUT2D eigenvalue weighted by molar-refractivity contribution is 4.89. The molecular weight excluding hydrogens is 124 g/mol. The lowest BCUT2D eigenvalue weighted by atomic mass is 9.89. The third-order valence-corrected chi connectivity index (χ3v) is 2.61. The molecule has 2 heteroatoms. The number of hydrogen-bond acceptors (Lipinski definition) is 1. The first-order valence-corrected chi connectivity index (χ1v) is 4.37. The lowest BCUT2D eigenvalue weighted by Gasteiger charge is -2.35. The topological polar surface area (TPSA) is 26.1 Å². The molecule has 1 heterocycles. The summed E-state index contributed by atoms with van der Waals surface area (Å²) >= 11 is 0. The van der Waals surface area contributed by atoms with Gasteiger partial charge in [-0.1, -0.05) is 12.8 Å². The van der Waals surface area contributed by atoms with Crippen molar-refractivity contribution in [2.45, 2.75) is 37.8 Å². The van der Waals surface area contributed by atoms with E-state index in [1.165, 1.54) is 25.7 Å². The summed E-state index contributed by atoms with van der Waals surface area (Å²) in [5.41, 5.74) is 0. The molecule has 2 atom stereocenters. The van der Waals surface area contributed by atoms with E-state index in [1.807, 2.05) is 0 Å². The molecule has 1 saturated heterocycles. The molecule has 1 radical (unpaired) electrons. The van der Waals surface area contributed by atoms with Crippen molar-refractivity contribution in [1.29, 1.82) is 0 Å². The minimum absolute atomic E-state index is 0.669. The van der Waals surface area contributed by atoms with Gasteiger partial charge in [0.05, 0.1) is 0 Å². The number of fused-ring (bicyclic) bond motifs is 1. The molecule has 0 aromatic rings. The number of nitrogens with zero attached hydrogens (tertiary/aromatic N) is 1. The van der Waals surface area contributed by atoms with Gasteiger partial charge in [0.25, 0.3) is 0 Å². The van der Waals surface area contributed by atoms with Crippen LogP contribution in [0, 0.1) is 0 Å². The molecule has 2 aliphatic rings. The highest BCUT2D eigenvalue weighted by Crippen LogP contribution is 2.20. The van der Waals surface area contributed by atoms with E-state index in [1.54, 1.807) is 0 Å². The molecule has 57 valence electrons. The van der Waals surface area contributed by atoms with E-state index in [2.05, 4.69) is 10.6 Å². The zero-order valence-corrected chi connectivity index (χ0v) is 6.34. The van der Waals surface area contributed by atoms with Gasteiger partial charge in [0.2, 0.25) is 0 Å². The van der Waals surface area contributed by atoms with Gasteiger partial charge in [0.1, 0.15) is 0 Å². The molecule has 2 fully saturated rings. The zero-order valence-electron chi connectivity index (χ0n) is 6.34. The van der Waals surface area contributed by atoms with E-state index in [-0.39, 0.29) is 0 Å². The van der Waals surface area contributed by atoms with Gasteiger partial charge < -0.3 is 5.32 Å². The average Bonchev–Trinajstić information content (AvgIpc) is 2.05. The molecule has 2 rings (SSSR count). The fourth-order valence-corrected chi connectivity index (χ4v) is 2.05. The second-order valence-corrected chi connectivity index (χ2v) is 3.32. The van der Waals surface area contributed by atoms with Crippen LogP contribution in [0.4, 0.5) is 0 Å². The van der Waals surface area contributed by atoms with Gasteiger partial charge in [-0.05, 0) is 12.8 Å². The quantitative estimate of drug-likeness (QED) is 0.520. The lowest BCUT2D eigenvalue weighted by molar-refractivity contribution is 0.246. The normalized spacial score (nSPS) is 40.8. The van der Waals surface area contributed by atoms with Crippen LogP contribution >= 0.6 is 0 Å². The Morgan fingerprint density at radius 3 is 3.00 bits per heavy atom. The molecular formula is C8H15N2. The van der Waals surface area contributed by atoms with E-state index in [9.17, 15) is 0 Å². The van der Waals surface area contributed by atoms with Gasteiger partial charge in [-0.25, -0.2) is 5.32 Å². The minimum atomic E-state index is 0.669. The second kappa shape index (κ2) is 2.89. The standard InChI is InChI=1S/C8H15N2/c1-2-4-8-7(3-1)9-5-6-10-8/h7-9H,1-6H2. The predicted molar refractivity (Wildman–Crippen MR) is 41.0 cm³/mol. The Morgan fingerprint density at radius 1 is 1.20 bits per heavy atom. The van der Waals surface area contributed by atoms with Gasteiger partial charge >= 0.3 is 0 Å². The van der Waals surface area contributed by atoms with Gasteiger partial charge in [-0.2, -0.15) is 0 Å². The summed E-state index contributed by atoms with van der Waals surface area (Å²) < 4.78 is 0. The molecule has 2 nitrogen and oxygen atoms in total. The Kier molecular flexibility index (Phi) is 1.91. The first-order chi connectivity index (χ1) is 4.97. The van der Waals surface area contributed by atoms with Gasteiger partial charge in [0, 0.05) is 25.2 Å². The van der Waals surface area contributed by atoms with Gasteiger partial charge in [0.15, 0.2) is 0 Å². The molecule has 1 aliphatic heterocycles. The van der Waals surface area contributed by atoms with Crippen molar-refractivity contribution in [3.8, 4) is 0 Å². The number of piperazine rings is 1. The summed E-state index contributed by atoms with van der Waals surface area (Å²) in [6, 6.07) is 1.41.